The number of hydrogen-bond donors (Lipinski definition) is 0. The van der Waals surface area contributed by atoms with Crippen molar-refractivity contribution in [1.82, 2.24) is 0 Å². The summed E-state index contributed by atoms with van der Waals surface area (Å²) in [5.74, 6) is 0. The van der Waals surface area contributed by atoms with E-state index in [0.29, 0.717) is 11.5 Å². The Morgan fingerprint density at radius 1 is 1.07 bits per heavy atom. The second-order valence-electron chi connectivity index (χ2n) is 3.50. The number of alkyl halides is 2. The van der Waals surface area contributed by atoms with Crippen LogP contribution >= 0.6 is 34.8 Å². The van der Waals surface area contributed by atoms with Crippen LogP contribution in [-0.2, 0) is 0 Å². The predicted molar refractivity (Wildman–Crippen MR) is 67.4 cm³/mol. The van der Waals surface area contributed by atoms with E-state index < -0.39 is 4.33 Å². The molecule has 2 rings (SSSR count). The summed E-state index contributed by atoms with van der Waals surface area (Å²) in [6, 6.07) is 9.97. The zero-order chi connectivity index (χ0) is 10.9. The van der Waals surface area contributed by atoms with Gasteiger partial charge < -0.3 is 0 Å². The minimum Gasteiger partial charge on any atom is -0.0966 e. The highest BCUT2D eigenvalue weighted by Gasteiger charge is 2.27. The molecule has 0 aliphatic heterocycles. The quantitative estimate of drug-likeness (QED) is 0.637. The van der Waals surface area contributed by atoms with Gasteiger partial charge in [-0.15, -0.1) is 0 Å². The topological polar surface area (TPSA) is 0 Å². The van der Waals surface area contributed by atoms with Gasteiger partial charge in [0.2, 0.25) is 0 Å². The molecular weight excluding hydrogens is 250 g/mol. The molecule has 1 aliphatic rings. The molecule has 0 amide bonds. The molecule has 0 spiro atoms. The normalized spacial score (nSPS) is 19.4. The van der Waals surface area contributed by atoms with Crippen LogP contribution in [0.15, 0.2) is 47.5 Å². The van der Waals surface area contributed by atoms with E-state index in [4.69, 9.17) is 34.8 Å². The van der Waals surface area contributed by atoms with Crippen molar-refractivity contribution in [1.29, 1.82) is 0 Å². The fourth-order valence-electron chi connectivity index (χ4n) is 1.60. The molecule has 0 heterocycles. The van der Waals surface area contributed by atoms with Crippen LogP contribution in [0, 0.1) is 0 Å². The Hall–Kier alpha value is -0.430. The molecule has 78 valence electrons. The molecule has 0 fully saturated rings. The van der Waals surface area contributed by atoms with Crippen LogP contribution in [0.3, 0.4) is 0 Å². The lowest BCUT2D eigenvalue weighted by atomic mass is 9.97. The molecule has 0 saturated heterocycles. The summed E-state index contributed by atoms with van der Waals surface area (Å²) in [5, 5.41) is 0.588. The fourth-order valence-corrected chi connectivity index (χ4v) is 2.56. The van der Waals surface area contributed by atoms with Gasteiger partial charge in [0.05, 0.1) is 0 Å². The number of rotatable bonds is 1. The standard InChI is InChI=1S/C12H9Cl3/c13-11-6-10(7-12(14,15)8-11)9-4-2-1-3-5-9/h1-6,8H,7H2. The SMILES string of the molecule is ClC1=CC(Cl)(Cl)CC(c2ccccc2)=C1. The third-order valence-electron chi connectivity index (χ3n) is 2.23. The maximum Gasteiger partial charge on any atom is 0.142 e. The number of halogens is 3. The number of allylic oxidation sites excluding steroid dienone is 4. The van der Waals surface area contributed by atoms with Crippen molar-refractivity contribution in [2.24, 2.45) is 0 Å². The molecular formula is C12H9Cl3. The van der Waals surface area contributed by atoms with E-state index in [1.165, 1.54) is 0 Å². The van der Waals surface area contributed by atoms with E-state index in [9.17, 15) is 0 Å². The van der Waals surface area contributed by atoms with Crippen molar-refractivity contribution in [3.8, 4) is 0 Å². The maximum absolute atomic E-state index is 6.08. The molecule has 0 bridgehead atoms. The van der Waals surface area contributed by atoms with E-state index in [2.05, 4.69) is 0 Å². The van der Waals surface area contributed by atoms with Gasteiger partial charge in [-0.3, -0.25) is 0 Å². The Labute approximate surface area is 104 Å². The summed E-state index contributed by atoms with van der Waals surface area (Å²) in [6.45, 7) is 0. The number of benzene rings is 1. The van der Waals surface area contributed by atoms with Crippen molar-refractivity contribution in [2.75, 3.05) is 0 Å². The van der Waals surface area contributed by atoms with Crippen LogP contribution in [0.2, 0.25) is 0 Å². The molecule has 0 aromatic heterocycles. The molecule has 15 heavy (non-hydrogen) atoms. The van der Waals surface area contributed by atoms with Crippen LogP contribution in [-0.4, -0.2) is 4.33 Å². The highest BCUT2D eigenvalue weighted by atomic mass is 35.5. The highest BCUT2D eigenvalue weighted by Crippen LogP contribution is 2.40. The van der Waals surface area contributed by atoms with Gasteiger partial charge in [0.1, 0.15) is 4.33 Å². The first-order valence-electron chi connectivity index (χ1n) is 4.59. The van der Waals surface area contributed by atoms with E-state index in [-0.39, 0.29) is 0 Å². The lowest BCUT2D eigenvalue weighted by molar-refractivity contribution is 0.974. The summed E-state index contributed by atoms with van der Waals surface area (Å²) >= 11 is 18.1. The smallest absolute Gasteiger partial charge is 0.0966 e. The van der Waals surface area contributed by atoms with Crippen LogP contribution < -0.4 is 0 Å². The van der Waals surface area contributed by atoms with Gasteiger partial charge in [-0.1, -0.05) is 65.1 Å². The molecule has 1 aromatic carbocycles. The van der Waals surface area contributed by atoms with Gasteiger partial charge in [0, 0.05) is 11.5 Å². The van der Waals surface area contributed by atoms with E-state index >= 15 is 0 Å². The van der Waals surface area contributed by atoms with Gasteiger partial charge in [-0.2, -0.15) is 0 Å². The summed E-state index contributed by atoms with van der Waals surface area (Å²) < 4.78 is -0.892. The number of hydrogen-bond acceptors (Lipinski definition) is 0. The van der Waals surface area contributed by atoms with Crippen molar-refractivity contribution >= 4 is 40.4 Å². The molecule has 0 radical (unpaired) electrons. The first kappa shape index (κ1) is 11.1. The molecule has 0 unspecified atom stereocenters. The Kier molecular flexibility index (Phi) is 3.11. The average molecular weight is 260 g/mol. The van der Waals surface area contributed by atoms with Gasteiger partial charge in [-0.05, 0) is 23.3 Å². The largest absolute Gasteiger partial charge is 0.142 e. The zero-order valence-corrected chi connectivity index (χ0v) is 10.2. The lowest BCUT2D eigenvalue weighted by Crippen LogP contribution is -2.13. The summed E-state index contributed by atoms with van der Waals surface area (Å²) in [4.78, 5) is 0. The average Bonchev–Trinajstić information content (AvgIpc) is 2.16. The molecule has 0 nitrogen and oxygen atoms in total. The highest BCUT2D eigenvalue weighted by molar-refractivity contribution is 6.51. The molecule has 3 heteroatoms. The Morgan fingerprint density at radius 3 is 2.33 bits per heavy atom. The monoisotopic (exact) mass is 258 g/mol. The van der Waals surface area contributed by atoms with E-state index in [0.717, 1.165) is 11.1 Å². The fraction of sp³-hybridized carbons (Fsp3) is 0.167. The summed E-state index contributed by atoms with van der Waals surface area (Å²) in [7, 11) is 0. The Morgan fingerprint density at radius 2 is 1.73 bits per heavy atom. The molecule has 1 aliphatic carbocycles. The second kappa shape index (κ2) is 4.21. The first-order chi connectivity index (χ1) is 7.07. The lowest BCUT2D eigenvalue weighted by Gasteiger charge is -2.22. The maximum atomic E-state index is 6.08. The van der Waals surface area contributed by atoms with Crippen LogP contribution in [0.5, 0.6) is 0 Å². The second-order valence-corrected chi connectivity index (χ2v) is 5.48. The van der Waals surface area contributed by atoms with E-state index in [1.807, 2.05) is 36.4 Å². The zero-order valence-electron chi connectivity index (χ0n) is 7.88. The van der Waals surface area contributed by atoms with Gasteiger partial charge >= 0.3 is 0 Å². The Bertz CT molecular complexity index is 416. The van der Waals surface area contributed by atoms with Gasteiger partial charge in [0.25, 0.3) is 0 Å². The molecule has 0 N–H and O–H groups in total. The van der Waals surface area contributed by atoms with Crippen molar-refractivity contribution in [3.63, 3.8) is 0 Å². The van der Waals surface area contributed by atoms with Crippen LogP contribution in [0.4, 0.5) is 0 Å². The third kappa shape index (κ3) is 2.78. The van der Waals surface area contributed by atoms with Gasteiger partial charge in [-0.25, -0.2) is 0 Å². The Balaban J connectivity index is 2.37. The van der Waals surface area contributed by atoms with Crippen molar-refractivity contribution < 1.29 is 0 Å². The minimum atomic E-state index is -0.892. The molecule has 0 saturated carbocycles. The summed E-state index contributed by atoms with van der Waals surface area (Å²) in [6.07, 6.45) is 4.14. The van der Waals surface area contributed by atoms with Crippen molar-refractivity contribution in [2.45, 2.75) is 10.8 Å². The van der Waals surface area contributed by atoms with Crippen LogP contribution in [0.25, 0.3) is 5.57 Å². The van der Waals surface area contributed by atoms with Crippen molar-refractivity contribution in [3.05, 3.63) is 53.1 Å². The first-order valence-corrected chi connectivity index (χ1v) is 5.72. The molecule has 1 aromatic rings. The summed E-state index contributed by atoms with van der Waals surface area (Å²) in [5.41, 5.74) is 2.17. The van der Waals surface area contributed by atoms with Gasteiger partial charge in [0.15, 0.2) is 0 Å². The predicted octanol–water partition coefficient (Wildman–Crippen LogP) is 4.77. The third-order valence-corrected chi connectivity index (χ3v) is 2.94. The molecule has 0 atom stereocenters. The van der Waals surface area contributed by atoms with Crippen LogP contribution in [0.1, 0.15) is 12.0 Å². The minimum absolute atomic E-state index is 0.580. The van der Waals surface area contributed by atoms with E-state index in [1.54, 1.807) is 6.08 Å².